The molecule has 0 radical (unpaired) electrons. The second kappa shape index (κ2) is 44.0. The predicted octanol–water partition coefficient (Wildman–Crippen LogP) is 11.7. The third-order valence-electron chi connectivity index (χ3n) is 10.9. The highest BCUT2D eigenvalue weighted by molar-refractivity contribution is 7.47. The van der Waals surface area contributed by atoms with Gasteiger partial charge >= 0.3 is 39.5 Å². The molecule has 0 aromatic carbocycles. The Morgan fingerprint density at radius 2 is 0.597 bits per heavy atom. The van der Waals surface area contributed by atoms with Crippen molar-refractivity contribution in [2.75, 3.05) is 39.6 Å². The van der Waals surface area contributed by atoms with E-state index >= 15 is 0 Å². The maximum Gasteiger partial charge on any atom is 0.472 e. The summed E-state index contributed by atoms with van der Waals surface area (Å²) in [6, 6.07) is 0. The van der Waals surface area contributed by atoms with E-state index < -0.39 is 97.5 Å². The highest BCUT2D eigenvalue weighted by Gasteiger charge is 2.30. The number of carbonyl (C=O) groups excluding carboxylic acids is 4. The summed E-state index contributed by atoms with van der Waals surface area (Å²) in [5, 5.41) is 10.3. The second-order valence-electron chi connectivity index (χ2n) is 17.5. The molecule has 0 aromatic rings. The van der Waals surface area contributed by atoms with Crippen molar-refractivity contribution >= 4 is 39.5 Å². The maximum absolute atomic E-state index is 12.8. The van der Waals surface area contributed by atoms with Gasteiger partial charge in [-0.05, 0) is 25.7 Å². The Labute approximate surface area is 403 Å². The van der Waals surface area contributed by atoms with Crippen LogP contribution in [0.1, 0.15) is 227 Å². The van der Waals surface area contributed by atoms with Gasteiger partial charge in [0.25, 0.3) is 0 Å². The quantitative estimate of drug-likeness (QED) is 0.0222. The summed E-state index contributed by atoms with van der Waals surface area (Å²) in [4.78, 5) is 70.3. The Hall–Kier alpha value is -1.94. The average Bonchev–Trinajstić information content (AvgIpc) is 3.29. The molecule has 0 saturated heterocycles. The fourth-order valence-corrected chi connectivity index (χ4v) is 8.38. The van der Waals surface area contributed by atoms with Crippen molar-refractivity contribution in [3.63, 3.8) is 0 Å². The van der Waals surface area contributed by atoms with Crippen molar-refractivity contribution in [1.82, 2.24) is 0 Å². The number of aliphatic hydroxyl groups is 1. The summed E-state index contributed by atoms with van der Waals surface area (Å²) in [6.45, 7) is 4.36. The van der Waals surface area contributed by atoms with E-state index in [4.69, 9.17) is 37.0 Å². The lowest BCUT2D eigenvalue weighted by atomic mass is 10.0. The van der Waals surface area contributed by atoms with Gasteiger partial charge in [0, 0.05) is 25.7 Å². The van der Waals surface area contributed by atoms with Crippen LogP contribution in [0.25, 0.3) is 0 Å². The fourth-order valence-electron chi connectivity index (χ4n) is 6.80. The number of hydrogen-bond donors (Lipinski definition) is 3. The Bertz CT molecular complexity index is 1340. The molecule has 0 aliphatic carbocycles. The highest BCUT2D eigenvalue weighted by atomic mass is 31.2. The number of unbranched alkanes of at least 4 members (excludes halogenated alkanes) is 23. The van der Waals surface area contributed by atoms with Crippen LogP contribution < -0.4 is 0 Å². The Morgan fingerprint density at radius 3 is 0.925 bits per heavy atom. The summed E-state index contributed by atoms with van der Waals surface area (Å²) in [6.07, 6.45) is 24.3. The van der Waals surface area contributed by atoms with Gasteiger partial charge in [0.2, 0.25) is 0 Å². The molecule has 0 amide bonds. The molecule has 0 bridgehead atoms. The van der Waals surface area contributed by atoms with Crippen LogP contribution in [0.5, 0.6) is 0 Å². The van der Waals surface area contributed by atoms with E-state index in [1.165, 1.54) is 64.2 Å². The van der Waals surface area contributed by atoms with Crippen molar-refractivity contribution in [1.29, 1.82) is 0 Å². The molecule has 0 aliphatic heterocycles. The summed E-state index contributed by atoms with van der Waals surface area (Å²) >= 11 is 0. The number of esters is 4. The predicted molar refractivity (Wildman–Crippen MR) is 257 cm³/mol. The molecule has 0 aliphatic rings. The van der Waals surface area contributed by atoms with Crippen LogP contribution in [0.2, 0.25) is 0 Å². The maximum atomic E-state index is 12.8. The van der Waals surface area contributed by atoms with Crippen LogP contribution in [0.4, 0.5) is 0 Å². The van der Waals surface area contributed by atoms with Crippen LogP contribution >= 0.6 is 15.6 Å². The normalized spacial score (nSPS) is 14.7. The Kier molecular flexibility index (Phi) is 42.8. The third kappa shape index (κ3) is 43.8. The zero-order chi connectivity index (χ0) is 49.9. The van der Waals surface area contributed by atoms with E-state index in [1.807, 2.05) is 13.8 Å². The number of rotatable bonds is 49. The first kappa shape index (κ1) is 65.1. The summed E-state index contributed by atoms with van der Waals surface area (Å²) in [5.74, 6) is -2.21. The lowest BCUT2D eigenvalue weighted by molar-refractivity contribution is -0.161. The molecule has 19 heteroatoms. The van der Waals surface area contributed by atoms with Crippen LogP contribution in [-0.2, 0) is 65.4 Å². The van der Waals surface area contributed by atoms with E-state index in [0.29, 0.717) is 25.7 Å². The molecule has 0 rings (SSSR count). The molecular formula is C48H92O17P2. The van der Waals surface area contributed by atoms with Gasteiger partial charge < -0.3 is 33.8 Å². The fraction of sp³-hybridized carbons (Fsp3) is 0.917. The number of phosphoric acid groups is 2. The van der Waals surface area contributed by atoms with E-state index in [1.54, 1.807) is 0 Å². The minimum absolute atomic E-state index is 0.0886. The third-order valence-corrected chi connectivity index (χ3v) is 12.8. The van der Waals surface area contributed by atoms with Crippen LogP contribution in [0, 0.1) is 0 Å². The number of ether oxygens (including phenoxy) is 4. The van der Waals surface area contributed by atoms with Crippen molar-refractivity contribution in [3.05, 3.63) is 0 Å². The van der Waals surface area contributed by atoms with Gasteiger partial charge in [-0.15, -0.1) is 0 Å². The number of carbonyl (C=O) groups is 4. The molecule has 0 saturated carbocycles. The van der Waals surface area contributed by atoms with Crippen molar-refractivity contribution < 1.29 is 80.2 Å². The van der Waals surface area contributed by atoms with Crippen LogP contribution in [0.3, 0.4) is 0 Å². The SMILES string of the molecule is CCCCCCCCCCCCCCCCCC(=O)O[C@H](COC(=O)CCCCCCC)COP(=O)(O)OC[C@H](O)COP(=O)(O)OC[C@@H](COC(=O)CCCCCC)OC(=O)CCCCC. The first-order valence-electron chi connectivity index (χ1n) is 25.8. The molecule has 0 heterocycles. The smallest absolute Gasteiger partial charge is 0.462 e. The van der Waals surface area contributed by atoms with E-state index in [-0.39, 0.29) is 25.7 Å². The van der Waals surface area contributed by atoms with Crippen molar-refractivity contribution in [3.8, 4) is 0 Å². The van der Waals surface area contributed by atoms with Gasteiger partial charge in [-0.3, -0.25) is 37.3 Å². The minimum Gasteiger partial charge on any atom is -0.462 e. The number of phosphoric ester groups is 2. The number of hydrogen-bond acceptors (Lipinski definition) is 15. The van der Waals surface area contributed by atoms with Gasteiger partial charge in [-0.1, -0.05) is 175 Å². The molecule has 0 aromatic heterocycles. The van der Waals surface area contributed by atoms with Gasteiger partial charge in [0.15, 0.2) is 12.2 Å². The lowest BCUT2D eigenvalue weighted by Crippen LogP contribution is -2.30. The lowest BCUT2D eigenvalue weighted by Gasteiger charge is -2.21. The van der Waals surface area contributed by atoms with E-state index in [2.05, 4.69) is 13.8 Å². The molecule has 396 valence electrons. The first-order valence-corrected chi connectivity index (χ1v) is 28.8. The Balaban J connectivity index is 4.97. The van der Waals surface area contributed by atoms with Crippen LogP contribution in [-0.4, -0.2) is 96.7 Å². The minimum atomic E-state index is -4.91. The number of aliphatic hydroxyl groups excluding tert-OH is 1. The zero-order valence-electron chi connectivity index (χ0n) is 41.8. The zero-order valence-corrected chi connectivity index (χ0v) is 43.6. The largest absolute Gasteiger partial charge is 0.472 e. The second-order valence-corrected chi connectivity index (χ2v) is 20.4. The molecule has 0 fully saturated rings. The van der Waals surface area contributed by atoms with Gasteiger partial charge in [-0.2, -0.15) is 0 Å². The molecular weight excluding hydrogens is 910 g/mol. The molecule has 2 unspecified atom stereocenters. The summed E-state index contributed by atoms with van der Waals surface area (Å²) in [5.41, 5.74) is 0. The van der Waals surface area contributed by atoms with Crippen LogP contribution in [0.15, 0.2) is 0 Å². The van der Waals surface area contributed by atoms with Gasteiger partial charge in [-0.25, -0.2) is 9.13 Å². The molecule has 67 heavy (non-hydrogen) atoms. The highest BCUT2D eigenvalue weighted by Crippen LogP contribution is 2.45. The van der Waals surface area contributed by atoms with Gasteiger partial charge in [0.1, 0.15) is 19.3 Å². The van der Waals surface area contributed by atoms with E-state index in [0.717, 1.165) is 83.5 Å². The molecule has 0 spiro atoms. The summed E-state index contributed by atoms with van der Waals surface area (Å²) in [7, 11) is -9.82. The first-order chi connectivity index (χ1) is 32.2. The van der Waals surface area contributed by atoms with Crippen molar-refractivity contribution in [2.45, 2.75) is 245 Å². The molecule has 3 N–H and O–H groups in total. The standard InChI is InChI=1S/C48H92O17P2/c1-5-9-13-16-17-18-19-20-21-22-23-24-25-27-31-35-48(53)65-44(39-59-46(51)33-30-26-14-10-6-2)41-63-67(56,57)61-37-42(49)36-60-66(54,55)62-40-43(64-47(52)34-28-12-8-4)38-58-45(50)32-29-15-11-7-3/h42-44,49H,5-41H2,1-4H3,(H,54,55)(H,56,57)/t42-,43-,44-/m1/s1. The monoisotopic (exact) mass is 1000 g/mol. The topological polar surface area (TPSA) is 237 Å². The Morgan fingerprint density at radius 1 is 0.358 bits per heavy atom. The summed E-state index contributed by atoms with van der Waals surface area (Å²) < 4.78 is 66.4. The van der Waals surface area contributed by atoms with Crippen molar-refractivity contribution in [2.24, 2.45) is 0 Å². The van der Waals surface area contributed by atoms with E-state index in [9.17, 15) is 43.2 Å². The van der Waals surface area contributed by atoms with Gasteiger partial charge in [0.05, 0.1) is 26.4 Å². The molecule has 5 atom stereocenters. The average molecular weight is 1000 g/mol. The molecule has 17 nitrogen and oxygen atoms in total.